The van der Waals surface area contributed by atoms with E-state index in [4.69, 9.17) is 9.47 Å². The van der Waals surface area contributed by atoms with Crippen LogP contribution in [0, 0.1) is 5.92 Å². The number of ether oxygens (including phenoxy) is 2. The summed E-state index contributed by atoms with van der Waals surface area (Å²) in [6.45, 7) is 7.39. The van der Waals surface area contributed by atoms with Gasteiger partial charge in [0.15, 0.2) is 17.5 Å². The largest absolute Gasteiger partial charge is 0.493 e. The number of methoxy groups -OCH3 is 2. The molecule has 1 N–H and O–H groups in total. The van der Waals surface area contributed by atoms with Gasteiger partial charge in [-0.25, -0.2) is 0 Å². The summed E-state index contributed by atoms with van der Waals surface area (Å²) < 4.78 is 10.7. The summed E-state index contributed by atoms with van der Waals surface area (Å²) in [5, 5.41) is 4.14. The number of nitrogens with zero attached hydrogens (tertiary/aromatic N) is 2. The van der Waals surface area contributed by atoms with Gasteiger partial charge in [0.05, 0.1) is 14.2 Å². The SMILES string of the molecule is CN=C(NCc1ccc(OC)c(OC)c1)N1CCSC(C(C)C)C1.I. The first-order valence-electron chi connectivity index (χ1n) is 8.37. The smallest absolute Gasteiger partial charge is 0.193 e. The first-order valence-corrected chi connectivity index (χ1v) is 9.42. The Hall–Kier alpha value is -0.830. The highest BCUT2D eigenvalue weighted by Crippen LogP contribution is 2.28. The molecule has 0 radical (unpaired) electrons. The zero-order chi connectivity index (χ0) is 17.5. The molecule has 1 saturated heterocycles. The molecular formula is C18H30IN3O2S. The third kappa shape index (κ3) is 6.13. The maximum Gasteiger partial charge on any atom is 0.193 e. The minimum atomic E-state index is 0. The van der Waals surface area contributed by atoms with Crippen LogP contribution < -0.4 is 14.8 Å². The van der Waals surface area contributed by atoms with E-state index in [0.717, 1.165) is 41.9 Å². The normalized spacial score (nSPS) is 17.9. The van der Waals surface area contributed by atoms with Crippen LogP contribution in [0.2, 0.25) is 0 Å². The molecule has 1 atom stereocenters. The van der Waals surface area contributed by atoms with Gasteiger partial charge in [0.2, 0.25) is 0 Å². The van der Waals surface area contributed by atoms with Gasteiger partial charge in [0.1, 0.15) is 0 Å². The van der Waals surface area contributed by atoms with Crippen molar-refractivity contribution in [1.82, 2.24) is 10.2 Å². The van der Waals surface area contributed by atoms with Gasteiger partial charge < -0.3 is 19.7 Å². The summed E-state index contributed by atoms with van der Waals surface area (Å²) in [4.78, 5) is 6.83. The van der Waals surface area contributed by atoms with Crippen molar-refractivity contribution in [1.29, 1.82) is 0 Å². The lowest BCUT2D eigenvalue weighted by Gasteiger charge is -2.36. The lowest BCUT2D eigenvalue weighted by Crippen LogP contribution is -2.48. The van der Waals surface area contributed by atoms with E-state index in [1.165, 1.54) is 0 Å². The standard InChI is InChI=1S/C18H29N3O2S.HI/c1-13(2)17-12-21(8-9-24-17)18(19-3)20-11-14-6-7-15(22-4)16(10-14)23-5;/h6-7,10,13,17H,8-9,11-12H2,1-5H3,(H,19,20);1H. The number of aliphatic imine (C=N–C) groups is 1. The number of guanidine groups is 1. The molecule has 0 bridgehead atoms. The van der Waals surface area contributed by atoms with E-state index in [0.29, 0.717) is 17.7 Å². The Kier molecular flexibility index (Phi) is 9.78. The molecule has 0 spiro atoms. The number of benzene rings is 1. The number of rotatable bonds is 5. The summed E-state index contributed by atoms with van der Waals surface area (Å²) >= 11 is 2.07. The number of hydrogen-bond donors (Lipinski definition) is 1. The van der Waals surface area contributed by atoms with Crippen molar-refractivity contribution in [2.45, 2.75) is 25.6 Å². The summed E-state index contributed by atoms with van der Waals surface area (Å²) in [5.41, 5.74) is 1.14. The molecular weight excluding hydrogens is 449 g/mol. The zero-order valence-electron chi connectivity index (χ0n) is 15.7. The highest BCUT2D eigenvalue weighted by Gasteiger charge is 2.24. The Labute approximate surface area is 173 Å². The highest BCUT2D eigenvalue weighted by atomic mass is 127. The molecule has 1 aliphatic heterocycles. The van der Waals surface area contributed by atoms with E-state index in [-0.39, 0.29) is 24.0 Å². The average Bonchev–Trinajstić information content (AvgIpc) is 2.62. The fourth-order valence-electron chi connectivity index (χ4n) is 2.78. The minimum Gasteiger partial charge on any atom is -0.493 e. The van der Waals surface area contributed by atoms with Crippen LogP contribution in [0.15, 0.2) is 23.2 Å². The first-order chi connectivity index (χ1) is 11.6. The van der Waals surface area contributed by atoms with Crippen molar-refractivity contribution in [2.24, 2.45) is 10.9 Å². The van der Waals surface area contributed by atoms with Gasteiger partial charge >= 0.3 is 0 Å². The van der Waals surface area contributed by atoms with E-state index in [1.807, 2.05) is 25.2 Å². The lowest BCUT2D eigenvalue weighted by atomic mass is 10.1. The van der Waals surface area contributed by atoms with Crippen molar-refractivity contribution >= 4 is 41.7 Å². The second-order valence-corrected chi connectivity index (χ2v) is 7.54. The summed E-state index contributed by atoms with van der Waals surface area (Å²) in [5.74, 6) is 4.30. The fourth-order valence-corrected chi connectivity index (χ4v) is 4.07. The van der Waals surface area contributed by atoms with Crippen molar-refractivity contribution in [3.8, 4) is 11.5 Å². The molecule has 0 amide bonds. The van der Waals surface area contributed by atoms with Crippen LogP contribution in [0.4, 0.5) is 0 Å². The van der Waals surface area contributed by atoms with E-state index >= 15 is 0 Å². The Bertz CT molecular complexity index is 569. The quantitative estimate of drug-likeness (QED) is 0.398. The van der Waals surface area contributed by atoms with Crippen LogP contribution >= 0.6 is 35.7 Å². The first kappa shape index (κ1) is 22.2. The van der Waals surface area contributed by atoms with Crippen molar-refractivity contribution in [2.75, 3.05) is 40.1 Å². The maximum atomic E-state index is 5.37. The molecule has 7 heteroatoms. The van der Waals surface area contributed by atoms with E-state index < -0.39 is 0 Å². The Morgan fingerprint density at radius 3 is 2.64 bits per heavy atom. The number of thioether (sulfide) groups is 1. The molecule has 1 aromatic carbocycles. The van der Waals surface area contributed by atoms with Gasteiger partial charge in [-0.3, -0.25) is 4.99 Å². The monoisotopic (exact) mass is 479 g/mol. The molecule has 1 aromatic rings. The molecule has 0 aliphatic carbocycles. The maximum absolute atomic E-state index is 5.37. The number of halogens is 1. The molecule has 0 saturated carbocycles. The third-order valence-electron chi connectivity index (χ3n) is 4.25. The molecule has 0 aromatic heterocycles. The Balaban J connectivity index is 0.00000312. The topological polar surface area (TPSA) is 46.1 Å². The van der Waals surface area contributed by atoms with E-state index in [9.17, 15) is 0 Å². The lowest BCUT2D eigenvalue weighted by molar-refractivity contribution is 0.354. The van der Waals surface area contributed by atoms with E-state index in [2.05, 4.69) is 40.8 Å². The van der Waals surface area contributed by atoms with E-state index in [1.54, 1.807) is 14.2 Å². The van der Waals surface area contributed by atoms with Gasteiger partial charge in [-0.05, 0) is 23.6 Å². The number of hydrogen-bond acceptors (Lipinski definition) is 4. The van der Waals surface area contributed by atoms with Crippen molar-refractivity contribution in [3.63, 3.8) is 0 Å². The van der Waals surface area contributed by atoms with Crippen LogP contribution in [-0.2, 0) is 6.54 Å². The molecule has 1 aliphatic rings. The fraction of sp³-hybridized carbons (Fsp3) is 0.611. The minimum absolute atomic E-state index is 0. The predicted octanol–water partition coefficient (Wildman–Crippen LogP) is 3.47. The van der Waals surface area contributed by atoms with Crippen LogP contribution in [0.25, 0.3) is 0 Å². The van der Waals surface area contributed by atoms with Crippen molar-refractivity contribution in [3.05, 3.63) is 23.8 Å². The van der Waals surface area contributed by atoms with Crippen LogP contribution in [0.5, 0.6) is 11.5 Å². The van der Waals surface area contributed by atoms with Gasteiger partial charge in [-0.15, -0.1) is 24.0 Å². The van der Waals surface area contributed by atoms with Crippen LogP contribution in [-0.4, -0.2) is 56.2 Å². The number of nitrogens with one attached hydrogen (secondary N) is 1. The second kappa shape index (κ2) is 11.0. The molecule has 1 fully saturated rings. The average molecular weight is 479 g/mol. The highest BCUT2D eigenvalue weighted by molar-refractivity contribution is 14.0. The second-order valence-electron chi connectivity index (χ2n) is 6.19. The van der Waals surface area contributed by atoms with Crippen LogP contribution in [0.3, 0.4) is 0 Å². The molecule has 1 heterocycles. The third-order valence-corrected chi connectivity index (χ3v) is 5.79. The van der Waals surface area contributed by atoms with Gasteiger partial charge in [0, 0.05) is 37.7 Å². The summed E-state index contributed by atoms with van der Waals surface area (Å²) in [6, 6.07) is 5.98. The molecule has 1 unspecified atom stereocenters. The van der Waals surface area contributed by atoms with Crippen molar-refractivity contribution < 1.29 is 9.47 Å². The molecule has 142 valence electrons. The predicted molar refractivity (Wildman–Crippen MR) is 118 cm³/mol. The molecule has 25 heavy (non-hydrogen) atoms. The Morgan fingerprint density at radius 1 is 1.32 bits per heavy atom. The summed E-state index contributed by atoms with van der Waals surface area (Å²) in [7, 11) is 5.16. The Morgan fingerprint density at radius 2 is 2.04 bits per heavy atom. The van der Waals surface area contributed by atoms with Gasteiger partial charge in [-0.2, -0.15) is 11.8 Å². The van der Waals surface area contributed by atoms with Gasteiger partial charge in [0.25, 0.3) is 0 Å². The molecule has 2 rings (SSSR count). The van der Waals surface area contributed by atoms with Gasteiger partial charge in [-0.1, -0.05) is 19.9 Å². The summed E-state index contributed by atoms with van der Waals surface area (Å²) in [6.07, 6.45) is 0. The zero-order valence-corrected chi connectivity index (χ0v) is 18.9. The molecule has 5 nitrogen and oxygen atoms in total. The van der Waals surface area contributed by atoms with Crippen LogP contribution in [0.1, 0.15) is 19.4 Å².